The largest absolute Gasteiger partial charge is 0.324 e. The first-order valence-electron chi connectivity index (χ1n) is 6.56. The van der Waals surface area contributed by atoms with Crippen LogP contribution in [-0.2, 0) is 4.79 Å². The van der Waals surface area contributed by atoms with Gasteiger partial charge < -0.3 is 5.32 Å². The highest BCUT2D eigenvalue weighted by atomic mass is 16.2. The number of nitrogens with one attached hydrogen (secondary N) is 2. The fraction of sp³-hybridized carbons (Fsp3) is 0.118. The summed E-state index contributed by atoms with van der Waals surface area (Å²) in [5.74, 6) is -0.0794. The van der Waals surface area contributed by atoms with Crippen molar-refractivity contribution < 1.29 is 4.79 Å². The molecule has 20 heavy (non-hydrogen) atoms. The van der Waals surface area contributed by atoms with Gasteiger partial charge in [-0.25, -0.2) is 0 Å². The van der Waals surface area contributed by atoms with Crippen LogP contribution in [0.3, 0.4) is 0 Å². The lowest BCUT2D eigenvalue weighted by Crippen LogP contribution is -2.33. The van der Waals surface area contributed by atoms with Gasteiger partial charge in [-0.15, -0.1) is 6.58 Å². The molecule has 0 bridgehead atoms. The third-order valence-electron chi connectivity index (χ3n) is 2.90. The minimum absolute atomic E-state index is 0.0794. The van der Waals surface area contributed by atoms with Crippen molar-refractivity contribution in [3.05, 3.63) is 78.9 Å². The minimum atomic E-state index is -0.394. The second kappa shape index (κ2) is 7.26. The van der Waals surface area contributed by atoms with Crippen molar-refractivity contribution >= 4 is 11.6 Å². The molecule has 2 rings (SSSR count). The van der Waals surface area contributed by atoms with Crippen molar-refractivity contribution in [1.82, 2.24) is 5.32 Å². The van der Waals surface area contributed by atoms with Crippen LogP contribution in [0.1, 0.15) is 11.6 Å². The number of para-hydroxylation sites is 1. The van der Waals surface area contributed by atoms with E-state index in [1.165, 1.54) is 0 Å². The second-order valence-electron chi connectivity index (χ2n) is 4.40. The van der Waals surface area contributed by atoms with Crippen molar-refractivity contribution in [2.24, 2.45) is 0 Å². The third kappa shape index (κ3) is 3.80. The summed E-state index contributed by atoms with van der Waals surface area (Å²) in [5.41, 5.74) is 1.72. The van der Waals surface area contributed by atoms with Gasteiger partial charge in [0.2, 0.25) is 5.91 Å². The van der Waals surface area contributed by atoms with Gasteiger partial charge in [0.15, 0.2) is 0 Å². The molecule has 2 aromatic rings. The summed E-state index contributed by atoms with van der Waals surface area (Å²) in [4.78, 5) is 12.4. The van der Waals surface area contributed by atoms with Gasteiger partial charge in [0.1, 0.15) is 6.04 Å². The molecule has 0 aromatic heterocycles. The Kier molecular flexibility index (Phi) is 5.09. The molecule has 1 unspecified atom stereocenters. The molecule has 3 nitrogen and oxygen atoms in total. The van der Waals surface area contributed by atoms with E-state index in [0.29, 0.717) is 6.54 Å². The van der Waals surface area contributed by atoms with E-state index in [1.807, 2.05) is 60.7 Å². The maximum absolute atomic E-state index is 12.4. The molecule has 0 spiro atoms. The normalized spacial score (nSPS) is 11.6. The number of carbonyl (C=O) groups excluding carboxylic acids is 1. The summed E-state index contributed by atoms with van der Waals surface area (Å²) in [7, 11) is 0. The van der Waals surface area contributed by atoms with Crippen molar-refractivity contribution in [3.63, 3.8) is 0 Å². The van der Waals surface area contributed by atoms with Crippen molar-refractivity contribution in [1.29, 1.82) is 0 Å². The summed E-state index contributed by atoms with van der Waals surface area (Å²) in [5, 5.41) is 6.09. The van der Waals surface area contributed by atoms with E-state index >= 15 is 0 Å². The van der Waals surface area contributed by atoms with Crippen LogP contribution in [0.4, 0.5) is 5.69 Å². The van der Waals surface area contributed by atoms with Crippen LogP contribution < -0.4 is 10.6 Å². The Bertz CT molecular complexity index is 552. The van der Waals surface area contributed by atoms with Gasteiger partial charge in [0.25, 0.3) is 0 Å². The van der Waals surface area contributed by atoms with Crippen molar-refractivity contribution in [2.75, 3.05) is 11.9 Å². The van der Waals surface area contributed by atoms with E-state index in [4.69, 9.17) is 0 Å². The number of hydrogen-bond acceptors (Lipinski definition) is 2. The van der Waals surface area contributed by atoms with Gasteiger partial charge in [0.05, 0.1) is 0 Å². The minimum Gasteiger partial charge on any atom is -0.324 e. The highest BCUT2D eigenvalue weighted by Gasteiger charge is 2.19. The lowest BCUT2D eigenvalue weighted by atomic mass is 10.1. The molecule has 1 amide bonds. The Balaban J connectivity index is 2.14. The van der Waals surface area contributed by atoms with Gasteiger partial charge >= 0.3 is 0 Å². The molecular weight excluding hydrogens is 248 g/mol. The Labute approximate surface area is 119 Å². The van der Waals surface area contributed by atoms with Crippen LogP contribution in [-0.4, -0.2) is 12.5 Å². The number of amides is 1. The fourth-order valence-electron chi connectivity index (χ4n) is 1.94. The van der Waals surface area contributed by atoms with E-state index in [0.717, 1.165) is 11.3 Å². The molecule has 3 heteroatoms. The number of anilines is 1. The Morgan fingerprint density at radius 1 is 1.05 bits per heavy atom. The smallest absolute Gasteiger partial charge is 0.246 e. The van der Waals surface area contributed by atoms with Gasteiger partial charge in [-0.1, -0.05) is 54.6 Å². The molecule has 2 N–H and O–H groups in total. The molecule has 0 aliphatic rings. The predicted octanol–water partition coefficient (Wildman–Crippen LogP) is 3.14. The topological polar surface area (TPSA) is 41.1 Å². The summed E-state index contributed by atoms with van der Waals surface area (Å²) in [6.07, 6.45) is 1.74. The van der Waals surface area contributed by atoms with Crippen molar-refractivity contribution in [2.45, 2.75) is 6.04 Å². The maximum atomic E-state index is 12.4. The average Bonchev–Trinajstić information content (AvgIpc) is 2.50. The third-order valence-corrected chi connectivity index (χ3v) is 2.90. The lowest BCUT2D eigenvalue weighted by Gasteiger charge is -2.18. The summed E-state index contributed by atoms with van der Waals surface area (Å²) < 4.78 is 0. The molecule has 2 aromatic carbocycles. The fourth-order valence-corrected chi connectivity index (χ4v) is 1.94. The zero-order valence-electron chi connectivity index (χ0n) is 11.3. The van der Waals surface area contributed by atoms with Crippen LogP contribution in [0, 0.1) is 0 Å². The quantitative estimate of drug-likeness (QED) is 0.789. The zero-order valence-corrected chi connectivity index (χ0v) is 11.3. The molecule has 0 saturated heterocycles. The highest BCUT2D eigenvalue weighted by molar-refractivity contribution is 5.95. The predicted molar refractivity (Wildman–Crippen MR) is 82.5 cm³/mol. The Hall–Kier alpha value is -2.39. The summed E-state index contributed by atoms with van der Waals surface area (Å²) >= 11 is 0. The van der Waals surface area contributed by atoms with Crippen LogP contribution in [0.15, 0.2) is 73.3 Å². The molecule has 0 radical (unpaired) electrons. The number of hydrogen-bond donors (Lipinski definition) is 2. The average molecular weight is 266 g/mol. The molecule has 0 aliphatic heterocycles. The summed E-state index contributed by atoms with van der Waals surface area (Å²) in [6.45, 7) is 4.25. The van der Waals surface area contributed by atoms with E-state index in [1.54, 1.807) is 6.08 Å². The Morgan fingerprint density at radius 2 is 1.65 bits per heavy atom. The molecule has 0 heterocycles. The molecule has 0 saturated carbocycles. The number of carbonyl (C=O) groups is 1. The van der Waals surface area contributed by atoms with E-state index in [-0.39, 0.29) is 5.91 Å². The molecule has 102 valence electrons. The SMILES string of the molecule is C=CCNC(C(=O)Nc1ccccc1)c1ccccc1. The first-order chi connectivity index (χ1) is 9.81. The first kappa shape index (κ1) is 14.0. The second-order valence-corrected chi connectivity index (χ2v) is 4.40. The monoisotopic (exact) mass is 266 g/mol. The highest BCUT2D eigenvalue weighted by Crippen LogP contribution is 2.15. The van der Waals surface area contributed by atoms with Gasteiger partial charge in [0, 0.05) is 12.2 Å². The zero-order chi connectivity index (χ0) is 14.2. The molecule has 0 aliphatic carbocycles. The Morgan fingerprint density at radius 3 is 2.25 bits per heavy atom. The van der Waals surface area contributed by atoms with Crippen LogP contribution in [0.5, 0.6) is 0 Å². The number of benzene rings is 2. The van der Waals surface area contributed by atoms with Gasteiger partial charge in [-0.2, -0.15) is 0 Å². The molecular formula is C17H18N2O. The van der Waals surface area contributed by atoms with Crippen LogP contribution in [0.2, 0.25) is 0 Å². The van der Waals surface area contributed by atoms with Gasteiger partial charge in [-0.3, -0.25) is 10.1 Å². The van der Waals surface area contributed by atoms with Crippen LogP contribution in [0.25, 0.3) is 0 Å². The molecule has 0 fully saturated rings. The molecule has 1 atom stereocenters. The van der Waals surface area contributed by atoms with E-state index < -0.39 is 6.04 Å². The first-order valence-corrected chi connectivity index (χ1v) is 6.56. The van der Waals surface area contributed by atoms with Crippen molar-refractivity contribution in [3.8, 4) is 0 Å². The lowest BCUT2D eigenvalue weighted by molar-refractivity contribution is -0.118. The maximum Gasteiger partial charge on any atom is 0.246 e. The standard InChI is InChI=1S/C17H18N2O/c1-2-13-18-16(14-9-5-3-6-10-14)17(20)19-15-11-7-4-8-12-15/h2-12,16,18H,1,13H2,(H,19,20). The van der Waals surface area contributed by atoms with Crippen LogP contribution >= 0.6 is 0 Å². The van der Waals surface area contributed by atoms with Gasteiger partial charge in [-0.05, 0) is 17.7 Å². The summed E-state index contributed by atoms with van der Waals surface area (Å²) in [6, 6.07) is 18.7. The number of rotatable bonds is 6. The van der Waals surface area contributed by atoms with E-state index in [9.17, 15) is 4.79 Å². The van der Waals surface area contributed by atoms with E-state index in [2.05, 4.69) is 17.2 Å².